The SMILES string of the molecule is CCc1nc(CC(=O)O)ncc1C. The van der Waals surface area contributed by atoms with E-state index in [2.05, 4.69) is 9.97 Å². The van der Waals surface area contributed by atoms with Gasteiger partial charge in [0.2, 0.25) is 0 Å². The Balaban J connectivity index is 2.92. The normalized spacial score (nSPS) is 10.0. The van der Waals surface area contributed by atoms with Crippen molar-refractivity contribution in [3.8, 4) is 0 Å². The van der Waals surface area contributed by atoms with Crippen LogP contribution in [0.3, 0.4) is 0 Å². The lowest BCUT2D eigenvalue weighted by Crippen LogP contribution is -2.07. The summed E-state index contributed by atoms with van der Waals surface area (Å²) in [5.74, 6) is -0.513. The van der Waals surface area contributed by atoms with E-state index in [1.165, 1.54) is 0 Å². The van der Waals surface area contributed by atoms with Crippen LogP contribution in [0.15, 0.2) is 6.20 Å². The minimum atomic E-state index is -0.897. The monoisotopic (exact) mass is 180 g/mol. The van der Waals surface area contributed by atoms with E-state index >= 15 is 0 Å². The topological polar surface area (TPSA) is 63.1 Å². The Morgan fingerprint density at radius 1 is 1.62 bits per heavy atom. The van der Waals surface area contributed by atoms with Gasteiger partial charge in [0.25, 0.3) is 0 Å². The van der Waals surface area contributed by atoms with Gasteiger partial charge in [-0.3, -0.25) is 4.79 Å². The standard InChI is InChI=1S/C9H12N2O2/c1-3-7-6(2)5-10-8(11-7)4-9(12)13/h5H,3-4H2,1-2H3,(H,12,13). The predicted molar refractivity (Wildman–Crippen MR) is 47.5 cm³/mol. The number of carboxylic acid groups (broad SMARTS) is 1. The molecule has 4 nitrogen and oxygen atoms in total. The zero-order valence-corrected chi connectivity index (χ0v) is 7.74. The van der Waals surface area contributed by atoms with Gasteiger partial charge in [0.15, 0.2) is 0 Å². The maximum Gasteiger partial charge on any atom is 0.311 e. The Labute approximate surface area is 76.7 Å². The van der Waals surface area contributed by atoms with Crippen molar-refractivity contribution in [3.63, 3.8) is 0 Å². The summed E-state index contributed by atoms with van der Waals surface area (Å²) in [7, 11) is 0. The highest BCUT2D eigenvalue weighted by Gasteiger charge is 2.05. The largest absolute Gasteiger partial charge is 0.481 e. The maximum absolute atomic E-state index is 10.4. The van der Waals surface area contributed by atoms with E-state index in [1.807, 2.05) is 13.8 Å². The van der Waals surface area contributed by atoms with Crippen LogP contribution in [-0.4, -0.2) is 21.0 Å². The summed E-state index contributed by atoms with van der Waals surface area (Å²) in [4.78, 5) is 18.4. The Morgan fingerprint density at radius 3 is 2.85 bits per heavy atom. The molecular formula is C9H12N2O2. The van der Waals surface area contributed by atoms with Crippen molar-refractivity contribution >= 4 is 5.97 Å². The first-order valence-corrected chi connectivity index (χ1v) is 4.16. The first kappa shape index (κ1) is 9.64. The lowest BCUT2D eigenvalue weighted by atomic mass is 10.2. The van der Waals surface area contributed by atoms with E-state index in [1.54, 1.807) is 6.20 Å². The Morgan fingerprint density at radius 2 is 2.31 bits per heavy atom. The molecule has 1 aromatic heterocycles. The highest BCUT2D eigenvalue weighted by molar-refractivity contribution is 5.68. The summed E-state index contributed by atoms with van der Waals surface area (Å²) >= 11 is 0. The molecule has 1 aromatic rings. The number of aromatic nitrogens is 2. The molecule has 0 unspecified atom stereocenters. The van der Waals surface area contributed by atoms with Crippen LogP contribution in [0, 0.1) is 6.92 Å². The Bertz CT molecular complexity index is 323. The van der Waals surface area contributed by atoms with Gasteiger partial charge in [-0.15, -0.1) is 0 Å². The first-order valence-electron chi connectivity index (χ1n) is 4.16. The molecule has 0 atom stereocenters. The molecule has 0 saturated carbocycles. The average molecular weight is 180 g/mol. The molecule has 0 aliphatic rings. The maximum atomic E-state index is 10.4. The molecule has 0 amide bonds. The summed E-state index contributed by atoms with van der Waals surface area (Å²) in [6.07, 6.45) is 2.37. The van der Waals surface area contributed by atoms with Crippen molar-refractivity contribution in [1.82, 2.24) is 9.97 Å². The molecule has 1 rings (SSSR count). The van der Waals surface area contributed by atoms with Crippen molar-refractivity contribution in [3.05, 3.63) is 23.3 Å². The predicted octanol–water partition coefficient (Wildman–Crippen LogP) is 0.975. The third-order valence-corrected chi connectivity index (χ3v) is 1.77. The fourth-order valence-corrected chi connectivity index (χ4v) is 1.10. The van der Waals surface area contributed by atoms with Crippen LogP contribution < -0.4 is 0 Å². The second-order valence-electron chi connectivity index (χ2n) is 2.84. The fourth-order valence-electron chi connectivity index (χ4n) is 1.10. The second-order valence-corrected chi connectivity index (χ2v) is 2.84. The number of aryl methyl sites for hydroxylation is 2. The fraction of sp³-hybridized carbons (Fsp3) is 0.444. The van der Waals surface area contributed by atoms with Crippen LogP contribution >= 0.6 is 0 Å². The number of aliphatic carboxylic acids is 1. The average Bonchev–Trinajstić information content (AvgIpc) is 2.07. The van der Waals surface area contributed by atoms with Gasteiger partial charge in [-0.05, 0) is 18.9 Å². The second kappa shape index (κ2) is 3.98. The molecule has 0 aromatic carbocycles. The quantitative estimate of drug-likeness (QED) is 0.753. The number of nitrogens with zero attached hydrogens (tertiary/aromatic N) is 2. The van der Waals surface area contributed by atoms with Gasteiger partial charge in [0.05, 0.1) is 0 Å². The molecule has 4 heteroatoms. The summed E-state index contributed by atoms with van der Waals surface area (Å²) in [5, 5.41) is 8.52. The number of rotatable bonds is 3. The molecule has 0 fully saturated rings. The van der Waals surface area contributed by atoms with Crippen molar-refractivity contribution < 1.29 is 9.90 Å². The molecule has 70 valence electrons. The van der Waals surface area contributed by atoms with Crippen LogP contribution in [0.25, 0.3) is 0 Å². The minimum absolute atomic E-state index is 0.104. The highest BCUT2D eigenvalue weighted by atomic mass is 16.4. The van der Waals surface area contributed by atoms with Gasteiger partial charge < -0.3 is 5.11 Å². The summed E-state index contributed by atoms with van der Waals surface area (Å²) in [6.45, 7) is 3.91. The van der Waals surface area contributed by atoms with E-state index < -0.39 is 5.97 Å². The number of carboxylic acids is 1. The van der Waals surface area contributed by atoms with Crippen molar-refractivity contribution in [1.29, 1.82) is 0 Å². The van der Waals surface area contributed by atoms with Gasteiger partial charge in [-0.1, -0.05) is 6.92 Å². The van der Waals surface area contributed by atoms with E-state index in [4.69, 9.17) is 5.11 Å². The summed E-state index contributed by atoms with van der Waals surface area (Å²) < 4.78 is 0. The van der Waals surface area contributed by atoms with Crippen LogP contribution in [0.5, 0.6) is 0 Å². The first-order chi connectivity index (χ1) is 6.13. The van der Waals surface area contributed by atoms with Crippen molar-refractivity contribution in [2.75, 3.05) is 0 Å². The van der Waals surface area contributed by atoms with Crippen LogP contribution in [0.4, 0.5) is 0 Å². The lowest BCUT2D eigenvalue weighted by Gasteiger charge is -2.02. The number of hydrogen-bond acceptors (Lipinski definition) is 3. The molecular weight excluding hydrogens is 168 g/mol. The van der Waals surface area contributed by atoms with E-state index in [0.717, 1.165) is 17.7 Å². The molecule has 0 aliphatic carbocycles. The van der Waals surface area contributed by atoms with Gasteiger partial charge in [0.1, 0.15) is 12.2 Å². The molecule has 0 aliphatic heterocycles. The zero-order valence-electron chi connectivity index (χ0n) is 7.74. The highest BCUT2D eigenvalue weighted by Crippen LogP contribution is 2.04. The summed E-state index contributed by atoms with van der Waals surface area (Å²) in [6, 6.07) is 0. The van der Waals surface area contributed by atoms with Crippen LogP contribution in [-0.2, 0) is 17.6 Å². The van der Waals surface area contributed by atoms with E-state index in [9.17, 15) is 4.79 Å². The van der Waals surface area contributed by atoms with E-state index in [-0.39, 0.29) is 6.42 Å². The molecule has 0 radical (unpaired) electrons. The molecule has 0 saturated heterocycles. The Kier molecular flexibility index (Phi) is 2.95. The molecule has 0 spiro atoms. The van der Waals surface area contributed by atoms with Gasteiger partial charge in [0, 0.05) is 11.9 Å². The number of hydrogen-bond donors (Lipinski definition) is 1. The Hall–Kier alpha value is -1.45. The smallest absolute Gasteiger partial charge is 0.311 e. The zero-order chi connectivity index (χ0) is 9.84. The minimum Gasteiger partial charge on any atom is -0.481 e. The van der Waals surface area contributed by atoms with Crippen molar-refractivity contribution in [2.24, 2.45) is 0 Å². The van der Waals surface area contributed by atoms with E-state index in [0.29, 0.717) is 5.82 Å². The van der Waals surface area contributed by atoms with Gasteiger partial charge in [-0.2, -0.15) is 0 Å². The summed E-state index contributed by atoms with van der Waals surface area (Å²) in [5.41, 5.74) is 1.93. The number of carbonyl (C=O) groups is 1. The molecule has 13 heavy (non-hydrogen) atoms. The molecule has 0 bridgehead atoms. The third kappa shape index (κ3) is 2.50. The molecule has 1 heterocycles. The van der Waals surface area contributed by atoms with Gasteiger partial charge >= 0.3 is 5.97 Å². The van der Waals surface area contributed by atoms with Gasteiger partial charge in [-0.25, -0.2) is 9.97 Å². The van der Waals surface area contributed by atoms with Crippen molar-refractivity contribution in [2.45, 2.75) is 26.7 Å². The lowest BCUT2D eigenvalue weighted by molar-refractivity contribution is -0.136. The third-order valence-electron chi connectivity index (χ3n) is 1.77. The van der Waals surface area contributed by atoms with Crippen LogP contribution in [0.2, 0.25) is 0 Å². The van der Waals surface area contributed by atoms with Crippen LogP contribution in [0.1, 0.15) is 24.0 Å². The molecule has 1 N–H and O–H groups in total.